The van der Waals surface area contributed by atoms with E-state index in [0.29, 0.717) is 0 Å². The largest absolute Gasteiger partial charge is 1.00 e. The van der Waals surface area contributed by atoms with E-state index in [2.05, 4.69) is 37.0 Å². The predicted octanol–water partition coefficient (Wildman–Crippen LogP) is 0.220. The van der Waals surface area contributed by atoms with E-state index in [-0.39, 0.29) is 24.0 Å². The van der Waals surface area contributed by atoms with Gasteiger partial charge in [-0.05, 0) is 31.2 Å². The summed E-state index contributed by atoms with van der Waals surface area (Å²) in [5, 5.41) is 1.03. The lowest BCUT2D eigenvalue weighted by Gasteiger charge is -2.14. The molecule has 0 heterocycles. The van der Waals surface area contributed by atoms with Crippen LogP contribution in [0.2, 0.25) is 0 Å². The first-order chi connectivity index (χ1) is 7.06. The van der Waals surface area contributed by atoms with Crippen LogP contribution in [0.5, 0.6) is 0 Å². The Labute approximate surface area is 120 Å². The van der Waals surface area contributed by atoms with E-state index < -0.39 is 0 Å². The molecule has 1 aromatic carbocycles. The third-order valence-corrected chi connectivity index (χ3v) is 3.03. The van der Waals surface area contributed by atoms with E-state index >= 15 is 0 Å². The number of para-hydroxylation sites is 1. The maximum absolute atomic E-state index is 4.68. The molecule has 0 spiro atoms. The van der Waals surface area contributed by atoms with Gasteiger partial charge in [-0.15, -0.1) is 0 Å². The molecule has 0 N–H and O–H groups in total. The summed E-state index contributed by atoms with van der Waals surface area (Å²) >= 11 is 1.67. The third kappa shape index (κ3) is 3.97. The highest BCUT2D eigenvalue weighted by molar-refractivity contribution is 8.13. The fraction of sp³-hybridized carbons (Fsp3) is 0.417. The van der Waals surface area contributed by atoms with Crippen molar-refractivity contribution in [2.24, 2.45) is 4.99 Å². The highest BCUT2D eigenvalue weighted by Gasteiger charge is 2.04. The zero-order chi connectivity index (χ0) is 11.4. The number of nitrogens with zero attached hydrogens (tertiary/aromatic N) is 2. The topological polar surface area (TPSA) is 15.6 Å². The monoisotopic (exact) mass is 349 g/mol. The Morgan fingerprint density at radius 3 is 2.06 bits per heavy atom. The molecule has 0 amide bonds. The second kappa shape index (κ2) is 7.17. The molecule has 0 aliphatic heterocycles. The Balaban J connectivity index is 0.00000225. The molecule has 1 rings (SSSR count). The summed E-state index contributed by atoms with van der Waals surface area (Å²) in [7, 11) is 4.03. The van der Waals surface area contributed by atoms with Gasteiger partial charge in [0.25, 0.3) is 0 Å². The van der Waals surface area contributed by atoms with Crippen LogP contribution in [0.1, 0.15) is 11.1 Å². The molecule has 4 heteroatoms. The van der Waals surface area contributed by atoms with Crippen LogP contribution in [0.25, 0.3) is 0 Å². The molecule has 0 saturated heterocycles. The molecule has 0 radical (unpaired) electrons. The Kier molecular flexibility index (Phi) is 7.06. The third-order valence-electron chi connectivity index (χ3n) is 2.21. The SMILES string of the molecule is CSC(=Nc1c(C)cccc1C)N(C)C.[I-]. The molecule has 0 aliphatic carbocycles. The van der Waals surface area contributed by atoms with Crippen LogP contribution in [0.4, 0.5) is 5.69 Å². The minimum absolute atomic E-state index is 0. The Hall–Kier alpha value is -0.230. The van der Waals surface area contributed by atoms with E-state index in [0.717, 1.165) is 10.9 Å². The van der Waals surface area contributed by atoms with Gasteiger partial charge in [-0.25, -0.2) is 4.99 Å². The second-order valence-electron chi connectivity index (χ2n) is 3.73. The number of aliphatic imine (C=N–C) groups is 1. The molecule has 0 saturated carbocycles. The lowest BCUT2D eigenvalue weighted by molar-refractivity contribution is -0.00000330. The fourth-order valence-electron chi connectivity index (χ4n) is 1.41. The number of benzene rings is 1. The fourth-order valence-corrected chi connectivity index (χ4v) is 1.95. The minimum Gasteiger partial charge on any atom is -1.00 e. The van der Waals surface area contributed by atoms with Crippen molar-refractivity contribution in [1.82, 2.24) is 4.90 Å². The van der Waals surface area contributed by atoms with Gasteiger partial charge < -0.3 is 28.9 Å². The Morgan fingerprint density at radius 1 is 1.19 bits per heavy atom. The highest BCUT2D eigenvalue weighted by Crippen LogP contribution is 2.24. The number of hydrogen-bond acceptors (Lipinski definition) is 2. The molecule has 0 fully saturated rings. The number of amidine groups is 1. The molecular weight excluding hydrogens is 331 g/mol. The van der Waals surface area contributed by atoms with Crippen LogP contribution < -0.4 is 24.0 Å². The van der Waals surface area contributed by atoms with Crippen molar-refractivity contribution in [3.63, 3.8) is 0 Å². The molecule has 1 aromatic rings. The first-order valence-corrected chi connectivity index (χ1v) is 6.15. The van der Waals surface area contributed by atoms with Crippen molar-refractivity contribution in [1.29, 1.82) is 0 Å². The van der Waals surface area contributed by atoms with E-state index in [1.807, 2.05) is 25.3 Å². The van der Waals surface area contributed by atoms with E-state index in [1.54, 1.807) is 11.8 Å². The van der Waals surface area contributed by atoms with E-state index in [9.17, 15) is 0 Å². The summed E-state index contributed by atoms with van der Waals surface area (Å²) in [4.78, 5) is 6.72. The highest BCUT2D eigenvalue weighted by atomic mass is 127. The summed E-state index contributed by atoms with van der Waals surface area (Å²) in [6.07, 6.45) is 2.05. The summed E-state index contributed by atoms with van der Waals surface area (Å²) in [5.74, 6) is 0. The summed E-state index contributed by atoms with van der Waals surface area (Å²) < 4.78 is 0. The van der Waals surface area contributed by atoms with Crippen LogP contribution in [-0.2, 0) is 0 Å². The van der Waals surface area contributed by atoms with Crippen LogP contribution in [0, 0.1) is 13.8 Å². The quantitative estimate of drug-likeness (QED) is 0.410. The van der Waals surface area contributed by atoms with Gasteiger partial charge in [-0.1, -0.05) is 30.0 Å². The predicted molar refractivity (Wildman–Crippen MR) is 70.2 cm³/mol. The molecule has 0 bridgehead atoms. The summed E-state index contributed by atoms with van der Waals surface area (Å²) in [6, 6.07) is 6.26. The van der Waals surface area contributed by atoms with Crippen molar-refractivity contribution in [3.05, 3.63) is 29.3 Å². The van der Waals surface area contributed by atoms with Crippen molar-refractivity contribution in [3.8, 4) is 0 Å². The van der Waals surface area contributed by atoms with Gasteiger partial charge >= 0.3 is 0 Å². The lowest BCUT2D eigenvalue weighted by atomic mass is 10.1. The first-order valence-electron chi connectivity index (χ1n) is 4.92. The molecule has 16 heavy (non-hydrogen) atoms. The number of aryl methyl sites for hydroxylation is 2. The average Bonchev–Trinajstić information content (AvgIpc) is 2.17. The van der Waals surface area contributed by atoms with Gasteiger partial charge in [-0.2, -0.15) is 0 Å². The number of halogens is 1. The van der Waals surface area contributed by atoms with Crippen LogP contribution in [0.3, 0.4) is 0 Å². The first kappa shape index (κ1) is 15.8. The standard InChI is InChI=1S/C12H18N2S.HI/c1-9-7-6-8-10(2)11(9)13-12(15-5)14(3)4;/h6-8H,1-5H3;1H/p-1. The van der Waals surface area contributed by atoms with Crippen molar-refractivity contribution >= 4 is 22.6 Å². The van der Waals surface area contributed by atoms with Crippen LogP contribution in [0.15, 0.2) is 23.2 Å². The molecule has 0 atom stereocenters. The zero-order valence-corrected chi connectivity index (χ0v) is 13.4. The Bertz CT molecular complexity index is 355. The number of hydrogen-bond donors (Lipinski definition) is 0. The van der Waals surface area contributed by atoms with Gasteiger partial charge in [-0.3, -0.25) is 0 Å². The maximum Gasteiger partial charge on any atom is 0.163 e. The molecular formula is C12H18IN2S-. The van der Waals surface area contributed by atoms with Crippen molar-refractivity contribution < 1.29 is 24.0 Å². The van der Waals surface area contributed by atoms with E-state index in [4.69, 9.17) is 0 Å². The van der Waals surface area contributed by atoms with Crippen LogP contribution in [-0.4, -0.2) is 30.4 Å². The normalized spacial score (nSPS) is 10.9. The minimum atomic E-state index is 0. The lowest BCUT2D eigenvalue weighted by Crippen LogP contribution is -3.00. The summed E-state index contributed by atoms with van der Waals surface area (Å²) in [6.45, 7) is 4.19. The molecule has 2 nitrogen and oxygen atoms in total. The zero-order valence-electron chi connectivity index (χ0n) is 10.4. The maximum atomic E-state index is 4.68. The van der Waals surface area contributed by atoms with Crippen molar-refractivity contribution in [2.75, 3.05) is 20.4 Å². The van der Waals surface area contributed by atoms with Gasteiger partial charge in [0, 0.05) is 14.1 Å². The molecule has 0 aromatic heterocycles. The summed E-state index contributed by atoms with van der Waals surface area (Å²) in [5.41, 5.74) is 3.54. The van der Waals surface area contributed by atoms with Crippen molar-refractivity contribution in [2.45, 2.75) is 13.8 Å². The van der Waals surface area contributed by atoms with Gasteiger partial charge in [0.05, 0.1) is 5.69 Å². The Morgan fingerprint density at radius 2 is 1.69 bits per heavy atom. The van der Waals surface area contributed by atoms with Crippen LogP contribution >= 0.6 is 11.8 Å². The smallest absolute Gasteiger partial charge is 0.163 e. The van der Waals surface area contributed by atoms with E-state index in [1.165, 1.54) is 11.1 Å². The number of rotatable bonds is 1. The van der Waals surface area contributed by atoms with Gasteiger partial charge in [0.2, 0.25) is 0 Å². The molecule has 90 valence electrons. The average molecular weight is 349 g/mol. The van der Waals surface area contributed by atoms with Gasteiger partial charge in [0.15, 0.2) is 5.17 Å². The molecule has 0 aliphatic rings. The second-order valence-corrected chi connectivity index (χ2v) is 4.51. The number of thioether (sulfide) groups is 1. The molecule has 0 unspecified atom stereocenters. The van der Waals surface area contributed by atoms with Gasteiger partial charge in [0.1, 0.15) is 0 Å².